The number of hydrogen-bond acceptors (Lipinski definition) is 3. The molecule has 57 heavy (non-hydrogen) atoms. The Balaban J connectivity index is 0.931. The van der Waals surface area contributed by atoms with Crippen LogP contribution in [0.15, 0.2) is 180 Å². The molecule has 0 spiro atoms. The van der Waals surface area contributed by atoms with Crippen molar-refractivity contribution < 1.29 is 4.42 Å². The molecule has 5 heteroatoms. The fraction of sp³-hybridized carbons (Fsp3) is 0.0385. The maximum Gasteiger partial charge on any atom is 0.234 e. The molecule has 0 atom stereocenters. The number of fused-ring (bicyclic) bond motifs is 9. The Morgan fingerprint density at radius 1 is 0.509 bits per heavy atom. The van der Waals surface area contributed by atoms with Gasteiger partial charge in [-0.15, -0.1) is 0 Å². The van der Waals surface area contributed by atoms with E-state index in [1.807, 2.05) is 24.4 Å². The Morgan fingerprint density at radius 2 is 1.19 bits per heavy atom. The smallest absolute Gasteiger partial charge is 0.234 e. The molecule has 11 aromatic rings. The molecule has 268 valence electrons. The summed E-state index contributed by atoms with van der Waals surface area (Å²) in [4.78, 5) is 10.1. The van der Waals surface area contributed by atoms with Crippen molar-refractivity contribution in [3.8, 4) is 45.1 Å². The summed E-state index contributed by atoms with van der Waals surface area (Å²) in [5.74, 6) is 0.688. The molecule has 7 aromatic carbocycles. The minimum atomic E-state index is 0.688. The monoisotopic (exact) mass is 730 g/mol. The van der Waals surface area contributed by atoms with Gasteiger partial charge >= 0.3 is 0 Å². The van der Waals surface area contributed by atoms with Crippen molar-refractivity contribution in [2.24, 2.45) is 0 Å². The summed E-state index contributed by atoms with van der Waals surface area (Å²) in [6.45, 7) is 0. The highest BCUT2D eigenvalue weighted by Gasteiger charge is 2.22. The van der Waals surface area contributed by atoms with Gasteiger partial charge in [0.1, 0.15) is 11.2 Å². The number of rotatable bonds is 5. The van der Waals surface area contributed by atoms with Gasteiger partial charge < -0.3 is 8.98 Å². The van der Waals surface area contributed by atoms with Gasteiger partial charge in [0, 0.05) is 61.2 Å². The molecule has 4 aromatic heterocycles. The molecule has 1 aliphatic carbocycles. The zero-order chi connectivity index (χ0) is 37.5. The first kappa shape index (κ1) is 31.8. The highest BCUT2D eigenvalue weighted by atomic mass is 16.3. The van der Waals surface area contributed by atoms with E-state index in [2.05, 4.69) is 167 Å². The molecule has 0 bridgehead atoms. The molecule has 4 heterocycles. The fourth-order valence-corrected chi connectivity index (χ4v) is 9.05. The highest BCUT2D eigenvalue weighted by molar-refractivity contribution is 6.11. The van der Waals surface area contributed by atoms with Gasteiger partial charge in [-0.2, -0.15) is 0 Å². The predicted molar refractivity (Wildman–Crippen MR) is 234 cm³/mol. The van der Waals surface area contributed by atoms with E-state index in [-0.39, 0.29) is 0 Å². The van der Waals surface area contributed by atoms with Crippen molar-refractivity contribution in [2.75, 3.05) is 0 Å². The van der Waals surface area contributed by atoms with Gasteiger partial charge in [-0.25, -0.2) is 9.97 Å². The van der Waals surface area contributed by atoms with Crippen molar-refractivity contribution in [3.63, 3.8) is 0 Å². The van der Waals surface area contributed by atoms with Crippen LogP contribution in [0.1, 0.15) is 17.7 Å². The molecule has 0 radical (unpaired) electrons. The molecule has 0 saturated carbocycles. The summed E-state index contributed by atoms with van der Waals surface area (Å²) in [5.41, 5.74) is 15.5. The first-order valence-electron chi connectivity index (χ1n) is 19.5. The van der Waals surface area contributed by atoms with E-state index in [0.717, 1.165) is 68.4 Å². The molecular formula is C52H34N4O. The van der Waals surface area contributed by atoms with Crippen LogP contribution in [0.2, 0.25) is 0 Å². The summed E-state index contributed by atoms with van der Waals surface area (Å²) in [7, 11) is 0. The number of aromatic nitrogens is 4. The van der Waals surface area contributed by atoms with Crippen LogP contribution in [-0.4, -0.2) is 19.1 Å². The van der Waals surface area contributed by atoms with Gasteiger partial charge in [-0.1, -0.05) is 121 Å². The molecule has 0 N–H and O–H groups in total. The van der Waals surface area contributed by atoms with Crippen LogP contribution >= 0.6 is 0 Å². The lowest BCUT2D eigenvalue weighted by molar-refractivity contribution is 0.670. The Bertz CT molecular complexity index is 3400. The largest absolute Gasteiger partial charge is 0.455 e. The van der Waals surface area contributed by atoms with Crippen LogP contribution in [0, 0.1) is 0 Å². The lowest BCUT2D eigenvalue weighted by Crippen LogP contribution is -2.07. The van der Waals surface area contributed by atoms with E-state index in [0.29, 0.717) is 5.95 Å². The van der Waals surface area contributed by atoms with Crippen LogP contribution in [0.25, 0.3) is 106 Å². The van der Waals surface area contributed by atoms with Crippen molar-refractivity contribution in [1.29, 1.82) is 0 Å². The quantitative estimate of drug-likeness (QED) is 0.177. The van der Waals surface area contributed by atoms with E-state index in [4.69, 9.17) is 14.4 Å². The van der Waals surface area contributed by atoms with E-state index in [1.54, 1.807) is 0 Å². The van der Waals surface area contributed by atoms with Gasteiger partial charge in [0.2, 0.25) is 5.95 Å². The zero-order valence-corrected chi connectivity index (χ0v) is 30.9. The number of benzene rings is 7. The van der Waals surface area contributed by atoms with E-state index < -0.39 is 0 Å². The van der Waals surface area contributed by atoms with E-state index >= 15 is 0 Å². The van der Waals surface area contributed by atoms with Crippen molar-refractivity contribution in [1.82, 2.24) is 19.1 Å². The average Bonchev–Trinajstić information content (AvgIpc) is 3.94. The zero-order valence-electron chi connectivity index (χ0n) is 30.9. The summed E-state index contributed by atoms with van der Waals surface area (Å²) < 4.78 is 11.0. The third-order valence-electron chi connectivity index (χ3n) is 11.7. The van der Waals surface area contributed by atoms with Crippen LogP contribution in [0.3, 0.4) is 0 Å². The lowest BCUT2D eigenvalue weighted by Gasteiger charge is -2.12. The molecule has 0 fully saturated rings. The first-order valence-corrected chi connectivity index (χ1v) is 19.5. The summed E-state index contributed by atoms with van der Waals surface area (Å²) in [6.07, 6.45) is 8.36. The second kappa shape index (κ2) is 12.5. The molecular weight excluding hydrogens is 697 g/mol. The average molecular weight is 731 g/mol. The van der Waals surface area contributed by atoms with Crippen LogP contribution in [0.4, 0.5) is 0 Å². The molecule has 0 aliphatic heterocycles. The number of para-hydroxylation sites is 4. The van der Waals surface area contributed by atoms with E-state index in [1.165, 1.54) is 49.6 Å². The topological polar surface area (TPSA) is 48.8 Å². The first-order chi connectivity index (χ1) is 28.3. The number of hydrogen-bond donors (Lipinski definition) is 0. The van der Waals surface area contributed by atoms with Crippen molar-refractivity contribution in [2.45, 2.75) is 12.8 Å². The van der Waals surface area contributed by atoms with Crippen LogP contribution in [-0.2, 0) is 6.42 Å². The second-order valence-electron chi connectivity index (χ2n) is 14.9. The molecule has 5 nitrogen and oxygen atoms in total. The van der Waals surface area contributed by atoms with Gasteiger partial charge in [-0.3, -0.25) is 4.57 Å². The minimum absolute atomic E-state index is 0.688. The Hall–Kier alpha value is -7.50. The molecule has 1 aliphatic rings. The predicted octanol–water partition coefficient (Wildman–Crippen LogP) is 13.4. The van der Waals surface area contributed by atoms with Crippen molar-refractivity contribution in [3.05, 3.63) is 187 Å². The molecule has 12 rings (SSSR count). The normalized spacial score (nSPS) is 12.7. The number of nitrogens with zero attached hydrogens (tertiary/aromatic N) is 4. The molecule has 0 unspecified atom stereocenters. The second-order valence-corrected chi connectivity index (χ2v) is 14.9. The van der Waals surface area contributed by atoms with Gasteiger partial charge in [0.25, 0.3) is 0 Å². The number of furan rings is 1. The number of allylic oxidation sites excluding steroid dienone is 1. The van der Waals surface area contributed by atoms with Crippen LogP contribution in [0.5, 0.6) is 0 Å². The molecule has 0 saturated heterocycles. The van der Waals surface area contributed by atoms with Crippen LogP contribution < -0.4 is 0 Å². The van der Waals surface area contributed by atoms with Gasteiger partial charge in [-0.05, 0) is 84.1 Å². The van der Waals surface area contributed by atoms with Crippen molar-refractivity contribution >= 4 is 60.7 Å². The highest BCUT2D eigenvalue weighted by Crippen LogP contribution is 2.40. The summed E-state index contributed by atoms with van der Waals surface area (Å²) in [6, 6.07) is 58.3. The summed E-state index contributed by atoms with van der Waals surface area (Å²) in [5, 5.41) is 5.97. The maximum atomic E-state index is 6.34. The van der Waals surface area contributed by atoms with Gasteiger partial charge in [0.05, 0.1) is 22.2 Å². The maximum absolute atomic E-state index is 6.34. The Morgan fingerprint density at radius 3 is 2.05 bits per heavy atom. The standard InChI is InChI=1S/C52H34N4O/c1-2-11-37(12-3-1)55-46-18-7-4-13-39(46)43-31-35(25-27-48(43)55)36-26-28-49-44(32-36)40-14-5-8-19-47(40)56(49)52-53-30-29-45(54-52)34-23-21-33(22-24-34)38-16-10-17-42-41-15-6-9-20-50(41)57-51(38)42/h1-7,9-18,20-32H,8,19H2. The third-order valence-corrected chi connectivity index (χ3v) is 11.7. The lowest BCUT2D eigenvalue weighted by atomic mass is 9.98. The third kappa shape index (κ3) is 4.95. The fourth-order valence-electron chi connectivity index (χ4n) is 9.05. The van der Waals surface area contributed by atoms with E-state index in [9.17, 15) is 0 Å². The Labute approximate surface area is 328 Å². The SMILES string of the molecule is C1=Cc2c(n(-c3nccc(-c4ccc(-c5cccc6c5oc5ccccc56)cc4)n3)c3ccc(-c4ccc5c(c4)c4ccccc4n5-c4ccccc4)cc23)CC1. The summed E-state index contributed by atoms with van der Waals surface area (Å²) >= 11 is 0. The minimum Gasteiger partial charge on any atom is -0.455 e. The Kier molecular flexibility index (Phi) is 6.99. The molecule has 0 amide bonds. The van der Waals surface area contributed by atoms with Gasteiger partial charge in [0.15, 0.2) is 0 Å².